The lowest BCUT2D eigenvalue weighted by Gasteiger charge is -2.39. The minimum atomic E-state index is 0.352. The van der Waals surface area contributed by atoms with Crippen LogP contribution in [0.25, 0.3) is 0 Å². The van der Waals surface area contributed by atoms with Gasteiger partial charge in [0, 0.05) is 6.54 Å². The van der Waals surface area contributed by atoms with Crippen molar-refractivity contribution in [2.24, 2.45) is 11.1 Å². The Bertz CT molecular complexity index is 211. The normalized spacial score (nSPS) is 20.1. The van der Waals surface area contributed by atoms with Crippen molar-refractivity contribution in [1.82, 2.24) is 4.90 Å². The third-order valence-electron chi connectivity index (χ3n) is 3.67. The molecule has 1 saturated carbocycles. The first-order valence-corrected chi connectivity index (χ1v) is 6.12. The maximum Gasteiger partial charge on any atom is 0.0599 e. The largest absolute Gasteiger partial charge is 0.330 e. The van der Waals surface area contributed by atoms with Crippen LogP contribution in [-0.2, 0) is 0 Å². The molecule has 0 atom stereocenters. The van der Waals surface area contributed by atoms with Crippen molar-refractivity contribution in [1.29, 1.82) is 0 Å². The van der Waals surface area contributed by atoms with E-state index in [0.717, 1.165) is 26.2 Å². The number of hydrogen-bond donors (Lipinski definition) is 1. The number of terminal acetylenes is 1. The summed E-state index contributed by atoms with van der Waals surface area (Å²) in [6.45, 7) is 5.87. The fourth-order valence-corrected chi connectivity index (χ4v) is 2.61. The van der Waals surface area contributed by atoms with Crippen molar-refractivity contribution in [2.75, 3.05) is 26.2 Å². The smallest absolute Gasteiger partial charge is 0.0599 e. The molecule has 0 saturated heterocycles. The highest BCUT2D eigenvalue weighted by Gasteiger charge is 2.31. The Balaban J connectivity index is 2.53. The summed E-state index contributed by atoms with van der Waals surface area (Å²) in [6, 6.07) is 0. The van der Waals surface area contributed by atoms with Crippen LogP contribution in [0.2, 0.25) is 0 Å². The zero-order chi connectivity index (χ0) is 11.1. The van der Waals surface area contributed by atoms with Gasteiger partial charge in [0.05, 0.1) is 6.54 Å². The molecule has 1 rings (SSSR count). The fourth-order valence-electron chi connectivity index (χ4n) is 2.61. The summed E-state index contributed by atoms with van der Waals surface area (Å²) in [7, 11) is 0. The SMILES string of the molecule is C#CCN(CC)CC1(CN)CCCCC1. The van der Waals surface area contributed by atoms with Crippen LogP contribution in [0.1, 0.15) is 39.0 Å². The molecule has 2 heteroatoms. The Morgan fingerprint density at radius 2 is 2.00 bits per heavy atom. The van der Waals surface area contributed by atoms with E-state index in [2.05, 4.69) is 17.7 Å². The Labute approximate surface area is 94.2 Å². The third-order valence-corrected chi connectivity index (χ3v) is 3.67. The van der Waals surface area contributed by atoms with E-state index in [1.807, 2.05) is 0 Å². The molecule has 0 aliphatic heterocycles. The molecule has 0 heterocycles. The second-order valence-corrected chi connectivity index (χ2v) is 4.77. The molecule has 1 aliphatic carbocycles. The second kappa shape index (κ2) is 6.15. The first-order valence-electron chi connectivity index (χ1n) is 6.12. The maximum absolute atomic E-state index is 5.96. The first kappa shape index (κ1) is 12.5. The highest BCUT2D eigenvalue weighted by molar-refractivity contribution is 4.92. The molecule has 0 spiro atoms. The van der Waals surface area contributed by atoms with Crippen LogP contribution in [0.3, 0.4) is 0 Å². The van der Waals surface area contributed by atoms with Gasteiger partial charge in [0.15, 0.2) is 0 Å². The van der Waals surface area contributed by atoms with E-state index in [-0.39, 0.29) is 0 Å². The number of hydrogen-bond acceptors (Lipinski definition) is 2. The molecule has 2 N–H and O–H groups in total. The molecule has 15 heavy (non-hydrogen) atoms. The monoisotopic (exact) mass is 208 g/mol. The van der Waals surface area contributed by atoms with Crippen molar-refractivity contribution in [3.63, 3.8) is 0 Å². The van der Waals surface area contributed by atoms with E-state index in [1.165, 1.54) is 32.1 Å². The van der Waals surface area contributed by atoms with Crippen LogP contribution in [-0.4, -0.2) is 31.1 Å². The molecular weight excluding hydrogens is 184 g/mol. The first-order chi connectivity index (χ1) is 7.26. The van der Waals surface area contributed by atoms with Gasteiger partial charge >= 0.3 is 0 Å². The third kappa shape index (κ3) is 3.52. The molecule has 2 nitrogen and oxygen atoms in total. The average molecular weight is 208 g/mol. The summed E-state index contributed by atoms with van der Waals surface area (Å²) in [6.07, 6.45) is 12.0. The van der Waals surface area contributed by atoms with Gasteiger partial charge in [0.2, 0.25) is 0 Å². The van der Waals surface area contributed by atoms with Crippen LogP contribution in [0.15, 0.2) is 0 Å². The van der Waals surface area contributed by atoms with E-state index in [9.17, 15) is 0 Å². The lowest BCUT2D eigenvalue weighted by molar-refractivity contribution is 0.123. The van der Waals surface area contributed by atoms with Gasteiger partial charge in [0.25, 0.3) is 0 Å². The number of rotatable bonds is 5. The summed E-state index contributed by atoms with van der Waals surface area (Å²) >= 11 is 0. The second-order valence-electron chi connectivity index (χ2n) is 4.77. The average Bonchev–Trinajstić information content (AvgIpc) is 2.30. The van der Waals surface area contributed by atoms with Crippen molar-refractivity contribution in [3.05, 3.63) is 0 Å². The van der Waals surface area contributed by atoms with Gasteiger partial charge in [-0.3, -0.25) is 4.90 Å². The minimum absolute atomic E-state index is 0.352. The topological polar surface area (TPSA) is 29.3 Å². The lowest BCUT2D eigenvalue weighted by Crippen LogP contribution is -2.44. The zero-order valence-electron chi connectivity index (χ0n) is 9.97. The van der Waals surface area contributed by atoms with Gasteiger partial charge < -0.3 is 5.73 Å². The van der Waals surface area contributed by atoms with E-state index in [4.69, 9.17) is 12.2 Å². The summed E-state index contributed by atoms with van der Waals surface area (Å²) in [4.78, 5) is 2.35. The maximum atomic E-state index is 5.96. The highest BCUT2D eigenvalue weighted by Crippen LogP contribution is 2.35. The van der Waals surface area contributed by atoms with Crippen molar-refractivity contribution in [3.8, 4) is 12.3 Å². The Morgan fingerprint density at radius 1 is 1.33 bits per heavy atom. The minimum Gasteiger partial charge on any atom is -0.330 e. The quantitative estimate of drug-likeness (QED) is 0.699. The predicted octanol–water partition coefficient (Wildman–Crippen LogP) is 1.85. The summed E-state index contributed by atoms with van der Waals surface area (Å²) in [5.41, 5.74) is 6.31. The van der Waals surface area contributed by atoms with Gasteiger partial charge in [-0.2, -0.15) is 0 Å². The Morgan fingerprint density at radius 3 is 2.47 bits per heavy atom. The molecule has 1 fully saturated rings. The van der Waals surface area contributed by atoms with Gasteiger partial charge in [-0.1, -0.05) is 32.1 Å². The van der Waals surface area contributed by atoms with Crippen molar-refractivity contribution >= 4 is 0 Å². The van der Waals surface area contributed by atoms with Gasteiger partial charge in [-0.15, -0.1) is 6.42 Å². The molecule has 0 aromatic rings. The summed E-state index contributed by atoms with van der Waals surface area (Å²) < 4.78 is 0. The van der Waals surface area contributed by atoms with E-state index in [0.29, 0.717) is 5.41 Å². The molecular formula is C13H24N2. The molecule has 86 valence electrons. The molecule has 0 aromatic heterocycles. The van der Waals surface area contributed by atoms with Crippen LogP contribution in [0, 0.1) is 17.8 Å². The summed E-state index contributed by atoms with van der Waals surface area (Å²) in [5, 5.41) is 0. The molecule has 0 aromatic carbocycles. The lowest BCUT2D eigenvalue weighted by atomic mass is 9.73. The summed E-state index contributed by atoms with van der Waals surface area (Å²) in [5.74, 6) is 2.73. The van der Waals surface area contributed by atoms with E-state index in [1.54, 1.807) is 0 Å². The standard InChI is InChI=1S/C13H24N2/c1-3-10-15(4-2)12-13(11-14)8-6-5-7-9-13/h1H,4-12,14H2,2H3. The predicted molar refractivity (Wildman–Crippen MR) is 65.5 cm³/mol. The highest BCUT2D eigenvalue weighted by atomic mass is 15.1. The number of nitrogens with zero attached hydrogens (tertiary/aromatic N) is 1. The molecule has 0 amide bonds. The molecule has 1 aliphatic rings. The van der Waals surface area contributed by atoms with Crippen LogP contribution in [0.4, 0.5) is 0 Å². The van der Waals surface area contributed by atoms with Crippen LogP contribution < -0.4 is 5.73 Å². The van der Waals surface area contributed by atoms with Gasteiger partial charge in [-0.25, -0.2) is 0 Å². The molecule has 0 bridgehead atoms. The number of nitrogens with two attached hydrogens (primary N) is 1. The van der Waals surface area contributed by atoms with Gasteiger partial charge in [-0.05, 0) is 31.3 Å². The molecule has 0 radical (unpaired) electrons. The fraction of sp³-hybridized carbons (Fsp3) is 0.846. The van der Waals surface area contributed by atoms with E-state index >= 15 is 0 Å². The van der Waals surface area contributed by atoms with E-state index < -0.39 is 0 Å². The van der Waals surface area contributed by atoms with Crippen molar-refractivity contribution in [2.45, 2.75) is 39.0 Å². The Hall–Kier alpha value is -0.520. The zero-order valence-corrected chi connectivity index (χ0v) is 9.97. The van der Waals surface area contributed by atoms with Crippen LogP contribution >= 0.6 is 0 Å². The molecule has 0 unspecified atom stereocenters. The van der Waals surface area contributed by atoms with Gasteiger partial charge in [0.1, 0.15) is 0 Å². The van der Waals surface area contributed by atoms with Crippen LogP contribution in [0.5, 0.6) is 0 Å². The Kier molecular flexibility index (Phi) is 5.14. The van der Waals surface area contributed by atoms with Crippen molar-refractivity contribution < 1.29 is 0 Å².